The van der Waals surface area contributed by atoms with Crippen LogP contribution in [0.4, 0.5) is 0 Å². The summed E-state index contributed by atoms with van der Waals surface area (Å²) in [4.78, 5) is 4.68. The average Bonchev–Trinajstić information content (AvgIpc) is 2.49. The van der Waals surface area contributed by atoms with Crippen LogP contribution in [0.5, 0.6) is 5.75 Å². The Morgan fingerprint density at radius 2 is 2.00 bits per heavy atom. The van der Waals surface area contributed by atoms with Gasteiger partial charge in [-0.1, -0.05) is 18.6 Å². The number of pyridine rings is 1. The third-order valence-corrected chi connectivity index (χ3v) is 3.94. The van der Waals surface area contributed by atoms with Gasteiger partial charge in [-0.3, -0.25) is 4.98 Å². The number of para-hydroxylation sites is 1. The van der Waals surface area contributed by atoms with Gasteiger partial charge >= 0.3 is 0 Å². The molecule has 0 amide bonds. The molecule has 0 unspecified atom stereocenters. The maximum atomic E-state index is 6.29. The van der Waals surface area contributed by atoms with Crippen LogP contribution in [0.15, 0.2) is 30.3 Å². The van der Waals surface area contributed by atoms with Crippen molar-refractivity contribution in [2.45, 2.75) is 44.8 Å². The maximum Gasteiger partial charge on any atom is 0.130 e. The van der Waals surface area contributed by atoms with E-state index in [2.05, 4.69) is 34.6 Å². The molecule has 2 aromatic rings. The highest BCUT2D eigenvalue weighted by molar-refractivity contribution is 5.85. The van der Waals surface area contributed by atoms with Gasteiger partial charge in [0.05, 0.1) is 17.3 Å². The largest absolute Gasteiger partial charge is 0.490 e. The molecular weight excluding hydrogens is 248 g/mol. The molecule has 0 atom stereocenters. The van der Waals surface area contributed by atoms with Gasteiger partial charge in [-0.2, -0.15) is 0 Å². The zero-order chi connectivity index (χ0) is 13.8. The zero-order valence-corrected chi connectivity index (χ0v) is 12.1. The molecule has 1 N–H and O–H groups in total. The first-order chi connectivity index (χ1) is 9.86. The second-order valence-corrected chi connectivity index (χ2v) is 5.54. The van der Waals surface area contributed by atoms with E-state index in [1.54, 1.807) is 0 Å². The van der Waals surface area contributed by atoms with Gasteiger partial charge in [0.25, 0.3) is 0 Å². The number of nitrogens with zero attached hydrogens (tertiary/aromatic N) is 1. The van der Waals surface area contributed by atoms with Crippen LogP contribution in [0, 0.1) is 0 Å². The normalized spacial score (nSPS) is 16.4. The van der Waals surface area contributed by atoms with E-state index in [1.807, 2.05) is 13.1 Å². The molecule has 3 heteroatoms. The minimum absolute atomic E-state index is 0.372. The van der Waals surface area contributed by atoms with Crippen molar-refractivity contribution in [3.05, 3.63) is 36.0 Å². The molecule has 0 saturated heterocycles. The van der Waals surface area contributed by atoms with Crippen molar-refractivity contribution in [2.24, 2.45) is 0 Å². The van der Waals surface area contributed by atoms with Gasteiger partial charge in [-0.25, -0.2) is 0 Å². The summed E-state index contributed by atoms with van der Waals surface area (Å²) in [5.41, 5.74) is 2.06. The first-order valence-corrected chi connectivity index (χ1v) is 7.57. The molecule has 1 heterocycles. The van der Waals surface area contributed by atoms with Crippen LogP contribution in [0.25, 0.3) is 10.9 Å². The Bertz CT molecular complexity index is 576. The van der Waals surface area contributed by atoms with E-state index in [0.29, 0.717) is 6.10 Å². The minimum atomic E-state index is 0.372. The van der Waals surface area contributed by atoms with E-state index in [9.17, 15) is 0 Å². The lowest BCUT2D eigenvalue weighted by atomic mass is 9.98. The van der Waals surface area contributed by atoms with Crippen LogP contribution in [0.1, 0.15) is 37.8 Å². The van der Waals surface area contributed by atoms with Gasteiger partial charge in [0, 0.05) is 18.0 Å². The van der Waals surface area contributed by atoms with E-state index in [0.717, 1.165) is 28.9 Å². The van der Waals surface area contributed by atoms with Crippen LogP contribution < -0.4 is 10.1 Å². The summed E-state index contributed by atoms with van der Waals surface area (Å²) in [6.45, 7) is 0.770. The molecule has 1 aromatic heterocycles. The molecule has 1 saturated carbocycles. The molecule has 0 bridgehead atoms. The quantitative estimate of drug-likeness (QED) is 0.920. The molecule has 3 rings (SSSR count). The van der Waals surface area contributed by atoms with Crippen molar-refractivity contribution in [3.8, 4) is 5.75 Å². The molecule has 1 fully saturated rings. The molecule has 0 radical (unpaired) electrons. The Morgan fingerprint density at radius 1 is 1.20 bits per heavy atom. The summed E-state index contributed by atoms with van der Waals surface area (Å²) in [6, 6.07) is 10.3. The van der Waals surface area contributed by atoms with E-state index >= 15 is 0 Å². The van der Waals surface area contributed by atoms with Crippen molar-refractivity contribution in [2.75, 3.05) is 7.05 Å². The van der Waals surface area contributed by atoms with Crippen LogP contribution >= 0.6 is 0 Å². The highest BCUT2D eigenvalue weighted by atomic mass is 16.5. The Kier molecular flexibility index (Phi) is 4.16. The summed E-state index contributed by atoms with van der Waals surface area (Å²) >= 11 is 0. The zero-order valence-electron chi connectivity index (χ0n) is 12.1. The number of fused-ring (bicyclic) bond motifs is 1. The minimum Gasteiger partial charge on any atom is -0.490 e. The smallest absolute Gasteiger partial charge is 0.130 e. The van der Waals surface area contributed by atoms with E-state index in [1.165, 1.54) is 32.1 Å². The highest BCUT2D eigenvalue weighted by Gasteiger charge is 2.16. The molecule has 1 aliphatic rings. The molecule has 0 aliphatic heterocycles. The van der Waals surface area contributed by atoms with Crippen molar-refractivity contribution >= 4 is 10.9 Å². The summed E-state index contributed by atoms with van der Waals surface area (Å²) in [7, 11) is 1.94. The Balaban J connectivity index is 1.93. The third kappa shape index (κ3) is 2.93. The number of ether oxygens (including phenoxy) is 1. The van der Waals surface area contributed by atoms with E-state index < -0.39 is 0 Å². The van der Waals surface area contributed by atoms with Crippen LogP contribution in [-0.4, -0.2) is 18.1 Å². The lowest BCUT2D eigenvalue weighted by Crippen LogP contribution is -2.20. The summed E-state index contributed by atoms with van der Waals surface area (Å²) in [5.74, 6) is 0.993. The van der Waals surface area contributed by atoms with Gasteiger partial charge in [-0.15, -0.1) is 0 Å². The third-order valence-electron chi connectivity index (χ3n) is 3.94. The standard InChI is InChI=1S/C17H22N2O/c1-18-12-13-11-17(20-14-7-3-2-4-8-14)15-9-5-6-10-16(15)19-13/h5-6,9-11,14,18H,2-4,7-8,12H2,1H3. The second-order valence-electron chi connectivity index (χ2n) is 5.54. The van der Waals surface area contributed by atoms with Crippen LogP contribution in [0.3, 0.4) is 0 Å². The summed E-state index contributed by atoms with van der Waals surface area (Å²) < 4.78 is 6.29. The lowest BCUT2D eigenvalue weighted by molar-refractivity contribution is 0.157. The topological polar surface area (TPSA) is 34.1 Å². The van der Waals surface area contributed by atoms with E-state index in [-0.39, 0.29) is 0 Å². The van der Waals surface area contributed by atoms with Crippen molar-refractivity contribution in [1.29, 1.82) is 0 Å². The average molecular weight is 270 g/mol. The van der Waals surface area contributed by atoms with Crippen LogP contribution in [0.2, 0.25) is 0 Å². The van der Waals surface area contributed by atoms with Crippen molar-refractivity contribution in [3.63, 3.8) is 0 Å². The number of nitrogens with one attached hydrogen (secondary N) is 1. The van der Waals surface area contributed by atoms with Gasteiger partial charge in [0.15, 0.2) is 0 Å². The summed E-state index contributed by atoms with van der Waals surface area (Å²) in [5, 5.41) is 4.28. The lowest BCUT2D eigenvalue weighted by Gasteiger charge is -2.24. The monoisotopic (exact) mass is 270 g/mol. The molecule has 1 aromatic carbocycles. The van der Waals surface area contributed by atoms with Crippen molar-refractivity contribution < 1.29 is 4.74 Å². The Labute approximate surface area is 120 Å². The number of hydrogen-bond acceptors (Lipinski definition) is 3. The molecule has 0 spiro atoms. The number of aromatic nitrogens is 1. The van der Waals surface area contributed by atoms with E-state index in [4.69, 9.17) is 4.74 Å². The number of rotatable bonds is 4. The SMILES string of the molecule is CNCc1cc(OC2CCCCC2)c2ccccc2n1. The first kappa shape index (κ1) is 13.4. The van der Waals surface area contributed by atoms with Crippen molar-refractivity contribution in [1.82, 2.24) is 10.3 Å². The number of hydrogen-bond donors (Lipinski definition) is 1. The fraction of sp³-hybridized carbons (Fsp3) is 0.471. The summed E-state index contributed by atoms with van der Waals surface area (Å²) in [6.07, 6.45) is 6.66. The molecular formula is C17H22N2O. The molecule has 20 heavy (non-hydrogen) atoms. The highest BCUT2D eigenvalue weighted by Crippen LogP contribution is 2.29. The van der Waals surface area contributed by atoms with Crippen LogP contribution in [-0.2, 0) is 6.54 Å². The Hall–Kier alpha value is -1.61. The molecule has 106 valence electrons. The molecule has 1 aliphatic carbocycles. The van der Waals surface area contributed by atoms with Gasteiger partial charge in [-0.05, 0) is 44.9 Å². The first-order valence-electron chi connectivity index (χ1n) is 7.57. The predicted octanol–water partition coefficient (Wildman–Crippen LogP) is 3.67. The fourth-order valence-electron chi connectivity index (χ4n) is 2.93. The second kappa shape index (κ2) is 6.23. The van der Waals surface area contributed by atoms with Gasteiger partial charge < -0.3 is 10.1 Å². The molecule has 3 nitrogen and oxygen atoms in total. The number of benzene rings is 1. The maximum absolute atomic E-state index is 6.29. The Morgan fingerprint density at radius 3 is 2.80 bits per heavy atom. The van der Waals surface area contributed by atoms with Gasteiger partial charge in [0.1, 0.15) is 5.75 Å². The predicted molar refractivity (Wildman–Crippen MR) is 82.0 cm³/mol. The fourth-order valence-corrected chi connectivity index (χ4v) is 2.93. The van der Waals surface area contributed by atoms with Gasteiger partial charge in [0.2, 0.25) is 0 Å².